The minimum Gasteiger partial charge on any atom is -0.463 e. The second kappa shape index (κ2) is 26.6. The van der Waals surface area contributed by atoms with Crippen LogP contribution in [-0.2, 0) is 128 Å². The lowest BCUT2D eigenvalue weighted by Gasteiger charge is -2.51. The van der Waals surface area contributed by atoms with E-state index in [1.807, 2.05) is 0 Å². The van der Waals surface area contributed by atoms with Crippen LogP contribution >= 0.6 is 0 Å². The Kier molecular flexibility index (Phi) is 21.8. The first-order chi connectivity index (χ1) is 34.1. The molecule has 0 amide bonds. The van der Waals surface area contributed by atoms with Crippen LogP contribution in [0.15, 0.2) is 0 Å². The Hall–Kier alpha value is -5.58. The molecule has 0 aromatic carbocycles. The molecule has 9 unspecified atom stereocenters. The quantitative estimate of drug-likeness (QED) is 0.132. The number of carbonyl (C=O) groups is 10. The highest BCUT2D eigenvalue weighted by Crippen LogP contribution is 2.40. The second-order valence-electron chi connectivity index (χ2n) is 17.7. The highest BCUT2D eigenvalue weighted by Gasteiger charge is 2.60. The lowest BCUT2D eigenvalue weighted by atomic mass is 9.88. The fourth-order valence-corrected chi connectivity index (χ4v) is 8.70. The maximum Gasteiger partial charge on any atom is 0.303 e. The minimum atomic E-state index is -1.95. The summed E-state index contributed by atoms with van der Waals surface area (Å²) in [7, 11) is 0. The molecule has 20 atom stereocenters. The molecule has 4 aliphatic heterocycles. The van der Waals surface area contributed by atoms with Gasteiger partial charge in [0, 0.05) is 75.2 Å². The van der Waals surface area contributed by atoms with Crippen molar-refractivity contribution >= 4 is 59.7 Å². The van der Waals surface area contributed by atoms with Crippen LogP contribution in [0.5, 0.6) is 0 Å². The van der Waals surface area contributed by atoms with Crippen LogP contribution in [0.1, 0.15) is 96.9 Å². The summed E-state index contributed by atoms with van der Waals surface area (Å²) in [6, 6.07) is 0. The van der Waals surface area contributed by atoms with Gasteiger partial charge in [-0.2, -0.15) is 0 Å². The standard InChI is InChI=1S/C46H66O27/c1-17-18(2)59-31(15-57-21(5)47)36(33(17)71-44-41(68-29(13)55)38(65-26(10)52)34(19(3)60-44)62-23(7)49)72-46-43(40(67-28(12)54)37(64-25(9)51)32(70-46)16-58-22(6)48)73-45-42(69-30(14)56)39(66-27(11)53)35(20(4)61-45)63-24(8)50/h17-20,31-46H,15-16H2,1-14H3/t17?,18-,19?,20?,31?,32?,33+,34+,35+,36+,37-,38?,39?,40-,41+,42+,43?,44-,45?,46-/m0/s1. The van der Waals surface area contributed by atoms with E-state index in [1.165, 1.54) is 13.8 Å². The van der Waals surface area contributed by atoms with Gasteiger partial charge < -0.3 is 80.5 Å². The maximum atomic E-state index is 13.1. The SMILES string of the molecule is CC(=O)OCC1O[C@@H](C)C(C)[C@@H](O[C@@H]2OC(C)[C@@H](OC(C)=O)C(OC(C)=O)[C@H]2OC(C)=O)[C@@H]1O[C@@H]1OC(COC(C)=O)[C@H](OC(C)=O)[C@H](OC(C)=O)C1OC1OC(C)[C@@H](OC(C)=O)C(OC(C)=O)[C@H]1OC(C)=O. The van der Waals surface area contributed by atoms with Crippen molar-refractivity contribution in [1.29, 1.82) is 0 Å². The maximum absolute atomic E-state index is 13.1. The van der Waals surface area contributed by atoms with E-state index in [4.69, 9.17) is 80.5 Å². The summed E-state index contributed by atoms with van der Waals surface area (Å²) in [5, 5.41) is 0. The smallest absolute Gasteiger partial charge is 0.303 e. The van der Waals surface area contributed by atoms with Gasteiger partial charge in [0.25, 0.3) is 0 Å². The Balaban J connectivity index is 1.97. The number of rotatable bonds is 18. The minimum absolute atomic E-state index is 0.533. The van der Waals surface area contributed by atoms with Crippen molar-refractivity contribution in [1.82, 2.24) is 0 Å². The summed E-state index contributed by atoms with van der Waals surface area (Å²) in [5.41, 5.74) is 0. The molecule has 0 aromatic rings. The van der Waals surface area contributed by atoms with Crippen molar-refractivity contribution in [3.8, 4) is 0 Å². The predicted molar refractivity (Wildman–Crippen MR) is 233 cm³/mol. The van der Waals surface area contributed by atoms with Gasteiger partial charge in [0.15, 0.2) is 73.8 Å². The second-order valence-corrected chi connectivity index (χ2v) is 17.7. The van der Waals surface area contributed by atoms with Crippen molar-refractivity contribution in [2.45, 2.75) is 213 Å². The summed E-state index contributed by atoms with van der Waals surface area (Å²) < 4.78 is 101. The van der Waals surface area contributed by atoms with Crippen molar-refractivity contribution < 1.29 is 128 Å². The van der Waals surface area contributed by atoms with Crippen LogP contribution in [0.3, 0.4) is 0 Å². The van der Waals surface area contributed by atoms with Crippen LogP contribution < -0.4 is 0 Å². The molecule has 4 saturated heterocycles. The molecule has 0 saturated carbocycles. The van der Waals surface area contributed by atoms with Gasteiger partial charge in [-0.25, -0.2) is 0 Å². The third kappa shape index (κ3) is 16.7. The largest absolute Gasteiger partial charge is 0.463 e. The van der Waals surface area contributed by atoms with Crippen LogP contribution in [0.2, 0.25) is 0 Å². The Morgan fingerprint density at radius 2 is 0.575 bits per heavy atom. The zero-order chi connectivity index (χ0) is 54.8. The molecule has 0 spiro atoms. The number of hydrogen-bond donors (Lipinski definition) is 0. The highest BCUT2D eigenvalue weighted by atomic mass is 16.8. The van der Waals surface area contributed by atoms with Gasteiger partial charge >= 0.3 is 59.7 Å². The molecule has 27 heteroatoms. The van der Waals surface area contributed by atoms with Crippen molar-refractivity contribution in [3.63, 3.8) is 0 Å². The van der Waals surface area contributed by atoms with Gasteiger partial charge in [-0.05, 0) is 20.8 Å². The third-order valence-electron chi connectivity index (χ3n) is 11.6. The van der Waals surface area contributed by atoms with E-state index < -0.39 is 195 Å². The Bertz CT molecular complexity index is 2010. The van der Waals surface area contributed by atoms with Gasteiger partial charge in [0.05, 0.1) is 24.4 Å². The fourth-order valence-electron chi connectivity index (χ4n) is 8.70. The lowest BCUT2D eigenvalue weighted by Crippen LogP contribution is -2.68. The molecule has 0 aromatic heterocycles. The summed E-state index contributed by atoms with van der Waals surface area (Å²) in [6.45, 7) is 15.6. The zero-order valence-corrected chi connectivity index (χ0v) is 43.0. The number of hydrogen-bond acceptors (Lipinski definition) is 27. The average molecular weight is 1050 g/mol. The van der Waals surface area contributed by atoms with E-state index in [0.717, 1.165) is 69.2 Å². The molecule has 4 rings (SSSR count). The summed E-state index contributed by atoms with van der Waals surface area (Å²) in [4.78, 5) is 126. The van der Waals surface area contributed by atoms with Gasteiger partial charge in [-0.3, -0.25) is 47.9 Å². The topological polar surface area (TPSA) is 328 Å². The molecule has 412 valence electrons. The third-order valence-corrected chi connectivity index (χ3v) is 11.6. The highest BCUT2D eigenvalue weighted by molar-refractivity contribution is 5.70. The Morgan fingerprint density at radius 3 is 0.945 bits per heavy atom. The molecular weight excluding hydrogens is 984 g/mol. The molecule has 27 nitrogen and oxygen atoms in total. The Morgan fingerprint density at radius 1 is 0.288 bits per heavy atom. The lowest BCUT2D eigenvalue weighted by molar-refractivity contribution is -0.388. The van der Waals surface area contributed by atoms with Crippen LogP contribution in [0, 0.1) is 5.92 Å². The molecule has 0 bridgehead atoms. The number of ether oxygens (including phenoxy) is 17. The molecule has 73 heavy (non-hydrogen) atoms. The van der Waals surface area contributed by atoms with Gasteiger partial charge in [-0.1, -0.05) is 6.92 Å². The van der Waals surface area contributed by atoms with Crippen molar-refractivity contribution in [3.05, 3.63) is 0 Å². The summed E-state index contributed by atoms with van der Waals surface area (Å²) >= 11 is 0. The predicted octanol–water partition coefficient (Wildman–Crippen LogP) is 0.360. The first kappa shape index (κ1) is 60.0. The van der Waals surface area contributed by atoms with E-state index in [-0.39, 0.29) is 0 Å². The molecular formula is C46H66O27. The summed E-state index contributed by atoms with van der Waals surface area (Å²) in [6.07, 6.45) is -29.0. The Labute approximate surface area is 420 Å². The van der Waals surface area contributed by atoms with Gasteiger partial charge in [-0.15, -0.1) is 0 Å². The molecule has 4 aliphatic rings. The molecule has 4 heterocycles. The van der Waals surface area contributed by atoms with Gasteiger partial charge in [0.1, 0.15) is 31.5 Å². The monoisotopic (exact) mass is 1050 g/mol. The first-order valence-corrected chi connectivity index (χ1v) is 23.3. The number of carbonyl (C=O) groups excluding carboxylic acids is 10. The molecule has 4 fully saturated rings. The van der Waals surface area contributed by atoms with Crippen LogP contribution in [-0.4, -0.2) is 189 Å². The van der Waals surface area contributed by atoms with E-state index in [1.54, 1.807) is 13.8 Å². The van der Waals surface area contributed by atoms with Crippen LogP contribution in [0.25, 0.3) is 0 Å². The van der Waals surface area contributed by atoms with E-state index >= 15 is 0 Å². The van der Waals surface area contributed by atoms with E-state index in [0.29, 0.717) is 0 Å². The van der Waals surface area contributed by atoms with Crippen molar-refractivity contribution in [2.75, 3.05) is 13.2 Å². The first-order valence-electron chi connectivity index (χ1n) is 23.3. The normalized spacial score (nSPS) is 36.1. The molecule has 0 radical (unpaired) electrons. The van der Waals surface area contributed by atoms with Crippen molar-refractivity contribution in [2.24, 2.45) is 5.92 Å². The fraction of sp³-hybridized carbons (Fsp3) is 0.783. The van der Waals surface area contributed by atoms with E-state index in [9.17, 15) is 47.9 Å². The van der Waals surface area contributed by atoms with E-state index in [2.05, 4.69) is 0 Å². The molecule has 0 N–H and O–H groups in total. The van der Waals surface area contributed by atoms with Crippen LogP contribution in [0.4, 0.5) is 0 Å². The zero-order valence-electron chi connectivity index (χ0n) is 43.0. The summed E-state index contributed by atoms with van der Waals surface area (Å²) in [5.74, 6) is -9.51. The molecule has 0 aliphatic carbocycles. The number of esters is 10. The van der Waals surface area contributed by atoms with Gasteiger partial charge in [0.2, 0.25) is 0 Å². The average Bonchev–Trinajstić information content (AvgIpc) is 3.25.